The highest BCUT2D eigenvalue weighted by molar-refractivity contribution is 5.95. The summed E-state index contributed by atoms with van der Waals surface area (Å²) in [7, 11) is 0. The second-order valence-corrected chi connectivity index (χ2v) is 2.37. The third kappa shape index (κ3) is 7.21. The fraction of sp³-hybridized carbons (Fsp3) is 0.750. The van der Waals surface area contributed by atoms with Crippen molar-refractivity contribution in [3.05, 3.63) is 0 Å². The molecule has 0 saturated heterocycles. The molecular formula is C8H15NO3. The summed E-state index contributed by atoms with van der Waals surface area (Å²) in [5, 5.41) is 7.01. The van der Waals surface area contributed by atoms with E-state index >= 15 is 0 Å². The van der Waals surface area contributed by atoms with Crippen LogP contribution in [0.4, 0.5) is 0 Å². The Kier molecular flexibility index (Phi) is 6.28. The molecule has 0 atom stereocenters. The van der Waals surface area contributed by atoms with Gasteiger partial charge in [0.15, 0.2) is 0 Å². The summed E-state index contributed by atoms with van der Waals surface area (Å²) < 4.78 is 9.71. The van der Waals surface area contributed by atoms with Crippen LogP contribution in [0.3, 0.4) is 0 Å². The zero-order chi connectivity index (χ0) is 9.40. The Morgan fingerprint density at radius 2 is 2.08 bits per heavy atom. The Labute approximate surface area is 72.4 Å². The maximum atomic E-state index is 10.8. The van der Waals surface area contributed by atoms with Crippen molar-refractivity contribution in [1.82, 2.24) is 0 Å². The standard InChI is InChI=1S/C8H15NO3/c1-3-11-4-5-12-8(10)6-7(2)9/h9H,3-6H2,1-2H3. The lowest BCUT2D eigenvalue weighted by molar-refractivity contribution is -0.143. The molecule has 0 aliphatic carbocycles. The summed E-state index contributed by atoms with van der Waals surface area (Å²) in [5.41, 5.74) is 0.316. The van der Waals surface area contributed by atoms with Gasteiger partial charge in [-0.15, -0.1) is 0 Å². The number of nitrogens with one attached hydrogen (secondary N) is 1. The highest BCUT2D eigenvalue weighted by Crippen LogP contribution is 1.88. The molecular weight excluding hydrogens is 158 g/mol. The predicted molar refractivity (Wildman–Crippen MR) is 45.5 cm³/mol. The molecule has 0 fully saturated rings. The monoisotopic (exact) mass is 173 g/mol. The van der Waals surface area contributed by atoms with Gasteiger partial charge >= 0.3 is 5.97 Å². The molecule has 0 spiro atoms. The van der Waals surface area contributed by atoms with Crippen LogP contribution in [0.25, 0.3) is 0 Å². The topological polar surface area (TPSA) is 59.4 Å². The molecule has 12 heavy (non-hydrogen) atoms. The molecule has 70 valence electrons. The first kappa shape index (κ1) is 11.1. The third-order valence-corrected chi connectivity index (χ3v) is 1.10. The molecule has 1 N–H and O–H groups in total. The summed E-state index contributed by atoms with van der Waals surface area (Å²) in [5.74, 6) is -0.359. The molecule has 0 heterocycles. The van der Waals surface area contributed by atoms with E-state index < -0.39 is 0 Å². The molecule has 4 heteroatoms. The van der Waals surface area contributed by atoms with Crippen molar-refractivity contribution in [3.8, 4) is 0 Å². The van der Waals surface area contributed by atoms with E-state index in [0.717, 1.165) is 0 Å². The second kappa shape index (κ2) is 6.79. The van der Waals surface area contributed by atoms with E-state index in [0.29, 0.717) is 18.9 Å². The maximum absolute atomic E-state index is 10.8. The van der Waals surface area contributed by atoms with Crippen LogP contribution in [0, 0.1) is 5.41 Å². The predicted octanol–water partition coefficient (Wildman–Crippen LogP) is 0.996. The van der Waals surface area contributed by atoms with Gasteiger partial charge in [0, 0.05) is 12.3 Å². The average molecular weight is 173 g/mol. The number of esters is 1. The van der Waals surface area contributed by atoms with Crippen LogP contribution < -0.4 is 0 Å². The number of hydrogen-bond donors (Lipinski definition) is 1. The van der Waals surface area contributed by atoms with E-state index in [1.165, 1.54) is 0 Å². The normalized spacial score (nSPS) is 9.50. The number of hydrogen-bond acceptors (Lipinski definition) is 4. The smallest absolute Gasteiger partial charge is 0.311 e. The van der Waals surface area contributed by atoms with Gasteiger partial charge in [-0.25, -0.2) is 0 Å². The first-order chi connectivity index (χ1) is 5.66. The van der Waals surface area contributed by atoms with Gasteiger partial charge in [-0.1, -0.05) is 0 Å². The summed E-state index contributed by atoms with van der Waals surface area (Å²) in [6, 6.07) is 0. The zero-order valence-corrected chi connectivity index (χ0v) is 7.55. The van der Waals surface area contributed by atoms with Crippen molar-refractivity contribution in [2.24, 2.45) is 0 Å². The van der Waals surface area contributed by atoms with Crippen molar-refractivity contribution in [3.63, 3.8) is 0 Å². The molecule has 0 saturated carbocycles. The minimum absolute atomic E-state index is 0.0755. The van der Waals surface area contributed by atoms with Crippen molar-refractivity contribution in [2.75, 3.05) is 19.8 Å². The van der Waals surface area contributed by atoms with Crippen LogP contribution in [-0.2, 0) is 14.3 Å². The van der Waals surface area contributed by atoms with Gasteiger partial charge in [0.2, 0.25) is 0 Å². The van der Waals surface area contributed by atoms with Crippen LogP contribution in [-0.4, -0.2) is 31.5 Å². The molecule has 4 nitrogen and oxygen atoms in total. The van der Waals surface area contributed by atoms with Crippen LogP contribution in [0.1, 0.15) is 20.3 Å². The van der Waals surface area contributed by atoms with Crippen LogP contribution >= 0.6 is 0 Å². The minimum Gasteiger partial charge on any atom is -0.463 e. The molecule has 0 radical (unpaired) electrons. The molecule has 0 aromatic heterocycles. The molecule has 0 amide bonds. The lowest BCUT2D eigenvalue weighted by atomic mass is 10.3. The van der Waals surface area contributed by atoms with Gasteiger partial charge in [0.1, 0.15) is 6.61 Å². The molecule has 0 rings (SSSR count). The van der Waals surface area contributed by atoms with Gasteiger partial charge in [0.05, 0.1) is 13.0 Å². The Hall–Kier alpha value is -0.900. The Morgan fingerprint density at radius 3 is 2.58 bits per heavy atom. The summed E-state index contributed by atoms with van der Waals surface area (Å²) in [6.07, 6.45) is 0.0755. The summed E-state index contributed by atoms with van der Waals surface area (Å²) in [4.78, 5) is 10.8. The van der Waals surface area contributed by atoms with Gasteiger partial charge in [-0.05, 0) is 13.8 Å². The van der Waals surface area contributed by atoms with E-state index in [1.807, 2.05) is 6.92 Å². The zero-order valence-electron chi connectivity index (χ0n) is 7.55. The first-order valence-electron chi connectivity index (χ1n) is 3.94. The Morgan fingerprint density at radius 1 is 1.42 bits per heavy atom. The Bertz CT molecular complexity index is 156. The molecule has 0 aromatic rings. The molecule has 0 aromatic carbocycles. The van der Waals surface area contributed by atoms with E-state index in [2.05, 4.69) is 0 Å². The fourth-order valence-electron chi connectivity index (χ4n) is 0.626. The number of rotatable bonds is 6. The highest BCUT2D eigenvalue weighted by Gasteiger charge is 2.02. The lowest BCUT2D eigenvalue weighted by Gasteiger charge is -2.03. The molecule has 0 unspecified atom stereocenters. The van der Waals surface area contributed by atoms with Crippen molar-refractivity contribution in [2.45, 2.75) is 20.3 Å². The highest BCUT2D eigenvalue weighted by atomic mass is 16.6. The van der Waals surface area contributed by atoms with E-state index in [4.69, 9.17) is 14.9 Å². The summed E-state index contributed by atoms with van der Waals surface area (Å²) in [6.45, 7) is 4.79. The lowest BCUT2D eigenvalue weighted by Crippen LogP contribution is -2.12. The molecule has 0 aliphatic heterocycles. The fourth-order valence-corrected chi connectivity index (χ4v) is 0.626. The SMILES string of the molecule is CCOCCOC(=O)CC(C)=N. The van der Waals surface area contributed by atoms with Crippen LogP contribution in [0.15, 0.2) is 0 Å². The van der Waals surface area contributed by atoms with Crippen molar-refractivity contribution >= 4 is 11.7 Å². The van der Waals surface area contributed by atoms with E-state index in [-0.39, 0.29) is 19.0 Å². The Balaban J connectivity index is 3.26. The average Bonchev–Trinajstić information content (AvgIpc) is 1.97. The third-order valence-electron chi connectivity index (χ3n) is 1.10. The first-order valence-corrected chi connectivity index (χ1v) is 3.94. The quantitative estimate of drug-likeness (QED) is 0.370. The van der Waals surface area contributed by atoms with Gasteiger partial charge in [-0.2, -0.15) is 0 Å². The number of ether oxygens (including phenoxy) is 2. The van der Waals surface area contributed by atoms with Crippen LogP contribution in [0.5, 0.6) is 0 Å². The van der Waals surface area contributed by atoms with Crippen molar-refractivity contribution < 1.29 is 14.3 Å². The second-order valence-electron chi connectivity index (χ2n) is 2.37. The van der Waals surface area contributed by atoms with Crippen molar-refractivity contribution in [1.29, 1.82) is 5.41 Å². The van der Waals surface area contributed by atoms with Gasteiger partial charge in [0.25, 0.3) is 0 Å². The van der Waals surface area contributed by atoms with Gasteiger partial charge in [-0.3, -0.25) is 4.79 Å². The summed E-state index contributed by atoms with van der Waals surface area (Å²) >= 11 is 0. The number of carbonyl (C=O) groups is 1. The maximum Gasteiger partial charge on any atom is 0.311 e. The molecule has 0 bridgehead atoms. The molecule has 0 aliphatic rings. The largest absolute Gasteiger partial charge is 0.463 e. The van der Waals surface area contributed by atoms with Gasteiger partial charge < -0.3 is 14.9 Å². The number of carbonyl (C=O) groups excluding carboxylic acids is 1. The minimum atomic E-state index is -0.359. The van der Waals surface area contributed by atoms with Crippen LogP contribution in [0.2, 0.25) is 0 Å². The van der Waals surface area contributed by atoms with E-state index in [1.54, 1.807) is 6.92 Å². The van der Waals surface area contributed by atoms with E-state index in [9.17, 15) is 4.79 Å².